The fraction of sp³-hybridized carbons (Fsp3) is 0.417. The molecule has 0 amide bonds. The molecule has 2 atom stereocenters. The summed E-state index contributed by atoms with van der Waals surface area (Å²) in [5, 5.41) is -0.340. The van der Waals surface area contributed by atoms with Gasteiger partial charge in [-0.25, -0.2) is 0 Å². The van der Waals surface area contributed by atoms with Crippen molar-refractivity contribution in [2.24, 2.45) is 5.41 Å². The minimum Gasteiger partial charge on any atom is -0.297 e. The zero-order valence-corrected chi connectivity index (χ0v) is 9.08. The van der Waals surface area contributed by atoms with Crippen molar-refractivity contribution in [1.29, 1.82) is 0 Å². The first-order valence-corrected chi connectivity index (χ1v) is 5.22. The molecule has 1 aromatic carbocycles. The molecule has 1 fully saturated rings. The quantitative estimate of drug-likeness (QED) is 0.649. The Morgan fingerprint density at radius 3 is 2.29 bits per heavy atom. The summed E-state index contributed by atoms with van der Waals surface area (Å²) in [5.41, 5.74) is 0.866. The summed E-state index contributed by atoms with van der Waals surface area (Å²) in [6, 6.07) is 10.0. The fourth-order valence-corrected chi connectivity index (χ4v) is 2.92. The van der Waals surface area contributed by atoms with Crippen molar-refractivity contribution in [2.75, 3.05) is 0 Å². The highest BCUT2D eigenvalue weighted by atomic mass is 35.5. The Hall–Kier alpha value is -0.820. The molecule has 74 valence electrons. The van der Waals surface area contributed by atoms with Gasteiger partial charge < -0.3 is 0 Å². The number of alkyl halides is 1. The standard InChI is InChI=1S/C12H13ClO/c1-12(2)9(10(13)11(12)14)8-6-4-3-5-7-8/h3-7,9-10H,1-2H3. The van der Waals surface area contributed by atoms with Gasteiger partial charge in [0.1, 0.15) is 5.38 Å². The highest BCUT2D eigenvalue weighted by Crippen LogP contribution is 2.51. The maximum atomic E-state index is 11.5. The molecule has 0 aliphatic heterocycles. The molecule has 0 aromatic heterocycles. The van der Waals surface area contributed by atoms with Crippen LogP contribution in [0.5, 0.6) is 0 Å². The van der Waals surface area contributed by atoms with Gasteiger partial charge in [-0.15, -0.1) is 11.6 Å². The summed E-state index contributed by atoms with van der Waals surface area (Å²) in [5.74, 6) is 0.325. The first kappa shape index (κ1) is 9.72. The summed E-state index contributed by atoms with van der Waals surface area (Å²) in [6.07, 6.45) is 0. The Morgan fingerprint density at radius 2 is 1.79 bits per heavy atom. The average molecular weight is 209 g/mol. The number of halogens is 1. The van der Waals surface area contributed by atoms with Gasteiger partial charge in [-0.3, -0.25) is 4.79 Å². The zero-order valence-electron chi connectivity index (χ0n) is 8.33. The van der Waals surface area contributed by atoms with Crippen molar-refractivity contribution in [3.8, 4) is 0 Å². The van der Waals surface area contributed by atoms with E-state index in [9.17, 15) is 4.79 Å². The van der Waals surface area contributed by atoms with Gasteiger partial charge in [0.25, 0.3) is 0 Å². The minimum atomic E-state index is -0.340. The van der Waals surface area contributed by atoms with E-state index in [1.54, 1.807) is 0 Å². The molecule has 2 heteroatoms. The maximum absolute atomic E-state index is 11.5. The van der Waals surface area contributed by atoms with E-state index in [0.29, 0.717) is 0 Å². The summed E-state index contributed by atoms with van der Waals surface area (Å²) in [7, 11) is 0. The number of ketones is 1. The van der Waals surface area contributed by atoms with E-state index in [-0.39, 0.29) is 22.5 Å². The van der Waals surface area contributed by atoms with E-state index < -0.39 is 0 Å². The highest BCUT2D eigenvalue weighted by molar-refractivity contribution is 6.35. The van der Waals surface area contributed by atoms with Crippen LogP contribution in [0, 0.1) is 5.41 Å². The number of hydrogen-bond donors (Lipinski definition) is 0. The van der Waals surface area contributed by atoms with E-state index in [0.717, 1.165) is 5.56 Å². The topological polar surface area (TPSA) is 17.1 Å². The molecule has 0 heterocycles. The van der Waals surface area contributed by atoms with Gasteiger partial charge in [0.2, 0.25) is 0 Å². The summed E-state index contributed by atoms with van der Waals surface area (Å²) in [6.45, 7) is 3.93. The second-order valence-electron chi connectivity index (χ2n) is 4.38. The Morgan fingerprint density at radius 1 is 1.21 bits per heavy atom. The SMILES string of the molecule is CC1(C)C(=O)C(Cl)C1c1ccccc1. The number of carbonyl (C=O) groups excluding carboxylic acids is 1. The first-order valence-electron chi connectivity index (χ1n) is 4.78. The Labute approximate surface area is 89.1 Å². The second kappa shape index (κ2) is 3.09. The number of Topliss-reactive ketones (excluding diaryl/α,β-unsaturated/α-hetero) is 1. The van der Waals surface area contributed by atoms with E-state index >= 15 is 0 Å². The highest BCUT2D eigenvalue weighted by Gasteiger charge is 2.55. The van der Waals surface area contributed by atoms with Gasteiger partial charge in [0.05, 0.1) is 0 Å². The molecule has 0 N–H and O–H groups in total. The molecule has 14 heavy (non-hydrogen) atoms. The third-order valence-corrected chi connectivity index (χ3v) is 3.56. The molecule has 1 saturated carbocycles. The molecule has 2 rings (SSSR count). The molecular weight excluding hydrogens is 196 g/mol. The normalized spacial score (nSPS) is 29.8. The molecule has 0 radical (unpaired) electrons. The third-order valence-electron chi connectivity index (χ3n) is 3.11. The predicted molar refractivity (Wildman–Crippen MR) is 57.6 cm³/mol. The summed E-state index contributed by atoms with van der Waals surface area (Å²) >= 11 is 6.03. The largest absolute Gasteiger partial charge is 0.297 e. The van der Waals surface area contributed by atoms with Crippen LogP contribution >= 0.6 is 11.6 Å². The Balaban J connectivity index is 2.34. The number of rotatable bonds is 1. The van der Waals surface area contributed by atoms with Crippen LogP contribution in [0.2, 0.25) is 0 Å². The molecule has 1 aliphatic rings. The average Bonchev–Trinajstić information content (AvgIpc) is 2.18. The van der Waals surface area contributed by atoms with Crippen molar-refractivity contribution < 1.29 is 4.79 Å². The predicted octanol–water partition coefficient (Wildman–Crippen LogP) is 2.99. The fourth-order valence-electron chi connectivity index (χ4n) is 2.18. The van der Waals surface area contributed by atoms with Crippen LogP contribution in [0.3, 0.4) is 0 Å². The van der Waals surface area contributed by atoms with Crippen molar-refractivity contribution in [3.63, 3.8) is 0 Å². The summed E-state index contributed by atoms with van der Waals surface area (Å²) in [4.78, 5) is 11.5. The molecule has 0 spiro atoms. The van der Waals surface area contributed by atoms with Crippen LogP contribution in [0.25, 0.3) is 0 Å². The van der Waals surface area contributed by atoms with Gasteiger partial charge in [-0.1, -0.05) is 44.2 Å². The smallest absolute Gasteiger partial charge is 0.157 e. The Bertz CT molecular complexity index is 356. The number of benzene rings is 1. The van der Waals surface area contributed by atoms with Gasteiger partial charge in [0.15, 0.2) is 5.78 Å². The molecule has 1 aromatic rings. The van der Waals surface area contributed by atoms with Crippen LogP contribution in [0.15, 0.2) is 30.3 Å². The van der Waals surface area contributed by atoms with Crippen LogP contribution < -0.4 is 0 Å². The lowest BCUT2D eigenvalue weighted by atomic mass is 9.58. The molecule has 1 aliphatic carbocycles. The van der Waals surface area contributed by atoms with E-state index in [1.807, 2.05) is 44.2 Å². The van der Waals surface area contributed by atoms with Crippen LogP contribution in [-0.2, 0) is 4.79 Å². The number of carbonyl (C=O) groups is 1. The van der Waals surface area contributed by atoms with E-state index in [1.165, 1.54) is 0 Å². The van der Waals surface area contributed by atoms with Gasteiger partial charge in [-0.2, -0.15) is 0 Å². The molecular formula is C12H13ClO. The van der Waals surface area contributed by atoms with Crippen LogP contribution in [0.4, 0.5) is 0 Å². The van der Waals surface area contributed by atoms with E-state index in [4.69, 9.17) is 11.6 Å². The number of hydrogen-bond acceptors (Lipinski definition) is 1. The van der Waals surface area contributed by atoms with E-state index in [2.05, 4.69) is 0 Å². The van der Waals surface area contributed by atoms with Crippen molar-refractivity contribution in [1.82, 2.24) is 0 Å². The lowest BCUT2D eigenvalue weighted by Gasteiger charge is -2.46. The first-order chi connectivity index (χ1) is 6.55. The second-order valence-corrected chi connectivity index (χ2v) is 4.85. The maximum Gasteiger partial charge on any atom is 0.157 e. The van der Waals surface area contributed by atoms with Crippen molar-refractivity contribution in [3.05, 3.63) is 35.9 Å². The zero-order chi connectivity index (χ0) is 10.3. The molecule has 1 nitrogen and oxygen atoms in total. The van der Waals surface area contributed by atoms with Crippen molar-refractivity contribution in [2.45, 2.75) is 25.1 Å². The molecule has 0 bridgehead atoms. The molecule has 0 saturated heterocycles. The van der Waals surface area contributed by atoms with Crippen LogP contribution in [-0.4, -0.2) is 11.2 Å². The van der Waals surface area contributed by atoms with Crippen molar-refractivity contribution >= 4 is 17.4 Å². The summed E-state index contributed by atoms with van der Waals surface area (Å²) < 4.78 is 0. The van der Waals surface area contributed by atoms with Gasteiger partial charge >= 0.3 is 0 Å². The lowest BCUT2D eigenvalue weighted by Crippen LogP contribution is -2.53. The minimum absolute atomic E-state index is 0.160. The lowest BCUT2D eigenvalue weighted by molar-refractivity contribution is -0.137. The van der Waals surface area contributed by atoms with Gasteiger partial charge in [0, 0.05) is 11.3 Å². The van der Waals surface area contributed by atoms with Crippen LogP contribution in [0.1, 0.15) is 25.3 Å². The van der Waals surface area contributed by atoms with Gasteiger partial charge in [-0.05, 0) is 5.56 Å². The Kier molecular flexibility index (Phi) is 2.15. The third kappa shape index (κ3) is 1.19. The molecule has 2 unspecified atom stereocenters. The monoisotopic (exact) mass is 208 g/mol.